The number of carbonyl (C=O) groups is 1. The van der Waals surface area contributed by atoms with Gasteiger partial charge in [0.2, 0.25) is 0 Å². The van der Waals surface area contributed by atoms with Crippen LogP contribution in [-0.2, 0) is 0 Å². The largest absolute Gasteiger partial charge is 0.319 e. The third-order valence-corrected chi connectivity index (χ3v) is 3.96. The second-order valence-electron chi connectivity index (χ2n) is 5.25. The van der Waals surface area contributed by atoms with Crippen LogP contribution in [0.1, 0.15) is 36.0 Å². The monoisotopic (exact) mass is 239 g/mol. The van der Waals surface area contributed by atoms with Crippen LogP contribution in [0.2, 0.25) is 0 Å². The standard InChI is InChI=1S/C16H17NO/c17-16(9-3-4-10-16)15(18)14-8-7-12-5-1-2-6-13(12)11-14/h1-2,5-8,11H,3-4,9-10,17H2. The minimum absolute atomic E-state index is 0.103. The van der Waals surface area contributed by atoms with Crippen LogP contribution in [0.3, 0.4) is 0 Å². The molecule has 18 heavy (non-hydrogen) atoms. The quantitative estimate of drug-likeness (QED) is 0.817. The molecular formula is C16H17NO. The first-order valence-electron chi connectivity index (χ1n) is 6.52. The molecule has 2 aromatic carbocycles. The molecule has 0 aliphatic heterocycles. The molecule has 1 aliphatic rings. The molecule has 0 heterocycles. The molecule has 3 rings (SSSR count). The Morgan fingerprint density at radius 2 is 1.67 bits per heavy atom. The summed E-state index contributed by atoms with van der Waals surface area (Å²) in [4.78, 5) is 12.5. The van der Waals surface area contributed by atoms with Gasteiger partial charge in [-0.2, -0.15) is 0 Å². The molecule has 2 N–H and O–H groups in total. The molecular weight excluding hydrogens is 222 g/mol. The Morgan fingerprint density at radius 1 is 1.00 bits per heavy atom. The number of carbonyl (C=O) groups excluding carboxylic acids is 1. The van der Waals surface area contributed by atoms with E-state index in [0.29, 0.717) is 0 Å². The van der Waals surface area contributed by atoms with Gasteiger partial charge in [0, 0.05) is 5.56 Å². The van der Waals surface area contributed by atoms with Gasteiger partial charge in [0.15, 0.2) is 5.78 Å². The Bertz CT molecular complexity index is 597. The normalized spacial score (nSPS) is 18.1. The van der Waals surface area contributed by atoms with Crippen molar-refractivity contribution in [1.29, 1.82) is 0 Å². The van der Waals surface area contributed by atoms with E-state index in [1.54, 1.807) is 0 Å². The zero-order valence-corrected chi connectivity index (χ0v) is 10.4. The third-order valence-electron chi connectivity index (χ3n) is 3.96. The molecule has 1 fully saturated rings. The number of Topliss-reactive ketones (excluding diaryl/α,β-unsaturated/α-hetero) is 1. The maximum Gasteiger partial charge on any atom is 0.182 e. The van der Waals surface area contributed by atoms with Crippen molar-refractivity contribution in [3.63, 3.8) is 0 Å². The summed E-state index contributed by atoms with van der Waals surface area (Å²) in [5.74, 6) is 0.103. The molecule has 0 unspecified atom stereocenters. The van der Waals surface area contributed by atoms with Crippen LogP contribution in [0.4, 0.5) is 0 Å². The summed E-state index contributed by atoms with van der Waals surface area (Å²) in [5.41, 5.74) is 6.35. The maximum absolute atomic E-state index is 12.5. The molecule has 2 heteroatoms. The molecule has 0 bridgehead atoms. The van der Waals surface area contributed by atoms with Crippen LogP contribution < -0.4 is 5.73 Å². The zero-order valence-electron chi connectivity index (χ0n) is 10.4. The van der Waals surface area contributed by atoms with Crippen molar-refractivity contribution in [3.05, 3.63) is 48.0 Å². The molecule has 2 aromatic rings. The maximum atomic E-state index is 12.5. The highest BCUT2D eigenvalue weighted by Gasteiger charge is 2.37. The van der Waals surface area contributed by atoms with Gasteiger partial charge in [-0.15, -0.1) is 0 Å². The lowest BCUT2D eigenvalue weighted by Gasteiger charge is -2.21. The summed E-state index contributed by atoms with van der Waals surface area (Å²) >= 11 is 0. The second kappa shape index (κ2) is 4.21. The van der Waals surface area contributed by atoms with Crippen molar-refractivity contribution in [3.8, 4) is 0 Å². The summed E-state index contributed by atoms with van der Waals surface area (Å²) in [6.45, 7) is 0. The highest BCUT2D eigenvalue weighted by molar-refractivity contribution is 6.05. The molecule has 2 nitrogen and oxygen atoms in total. The number of ketones is 1. The van der Waals surface area contributed by atoms with Gasteiger partial charge in [0.05, 0.1) is 5.54 Å². The predicted octanol–water partition coefficient (Wildman–Crippen LogP) is 3.29. The number of rotatable bonds is 2. The van der Waals surface area contributed by atoms with Gasteiger partial charge in [0.25, 0.3) is 0 Å². The molecule has 1 saturated carbocycles. The molecule has 0 amide bonds. The van der Waals surface area contributed by atoms with Gasteiger partial charge >= 0.3 is 0 Å². The lowest BCUT2D eigenvalue weighted by Crippen LogP contribution is -2.45. The van der Waals surface area contributed by atoms with Crippen molar-refractivity contribution >= 4 is 16.6 Å². The van der Waals surface area contributed by atoms with Crippen LogP contribution in [0.5, 0.6) is 0 Å². The number of nitrogens with two attached hydrogens (primary N) is 1. The first kappa shape index (κ1) is 11.4. The molecule has 0 atom stereocenters. The number of benzene rings is 2. The molecule has 92 valence electrons. The van der Waals surface area contributed by atoms with Crippen LogP contribution in [0.25, 0.3) is 10.8 Å². The Morgan fingerprint density at radius 3 is 2.39 bits per heavy atom. The second-order valence-corrected chi connectivity index (χ2v) is 5.25. The van der Waals surface area contributed by atoms with Gasteiger partial charge in [-0.1, -0.05) is 49.2 Å². The number of hydrogen-bond donors (Lipinski definition) is 1. The molecule has 0 aromatic heterocycles. The van der Waals surface area contributed by atoms with E-state index < -0.39 is 5.54 Å². The van der Waals surface area contributed by atoms with Crippen molar-refractivity contribution in [2.75, 3.05) is 0 Å². The van der Waals surface area contributed by atoms with E-state index in [2.05, 4.69) is 6.07 Å². The van der Waals surface area contributed by atoms with Gasteiger partial charge in [-0.25, -0.2) is 0 Å². The predicted molar refractivity (Wildman–Crippen MR) is 73.7 cm³/mol. The lowest BCUT2D eigenvalue weighted by molar-refractivity contribution is 0.0892. The van der Waals surface area contributed by atoms with E-state index in [4.69, 9.17) is 5.73 Å². The topological polar surface area (TPSA) is 43.1 Å². The van der Waals surface area contributed by atoms with E-state index in [-0.39, 0.29) is 5.78 Å². The summed E-state index contributed by atoms with van der Waals surface area (Å²) in [6.07, 6.45) is 3.77. The highest BCUT2D eigenvalue weighted by atomic mass is 16.1. The van der Waals surface area contributed by atoms with Crippen LogP contribution in [0.15, 0.2) is 42.5 Å². The first-order chi connectivity index (χ1) is 8.69. The summed E-state index contributed by atoms with van der Waals surface area (Å²) in [7, 11) is 0. The smallest absolute Gasteiger partial charge is 0.182 e. The van der Waals surface area contributed by atoms with Crippen LogP contribution in [-0.4, -0.2) is 11.3 Å². The minimum Gasteiger partial charge on any atom is -0.319 e. The minimum atomic E-state index is -0.623. The fourth-order valence-electron chi connectivity index (χ4n) is 2.85. The average Bonchev–Trinajstić information content (AvgIpc) is 2.85. The molecule has 1 aliphatic carbocycles. The molecule has 0 spiro atoms. The average molecular weight is 239 g/mol. The SMILES string of the molecule is NC1(C(=O)c2ccc3ccccc3c2)CCCC1. The van der Waals surface area contributed by atoms with Crippen molar-refractivity contribution in [2.24, 2.45) is 5.73 Å². The third kappa shape index (κ3) is 1.83. The molecule has 0 radical (unpaired) electrons. The summed E-state index contributed by atoms with van der Waals surface area (Å²) in [5, 5.41) is 2.26. The first-order valence-corrected chi connectivity index (χ1v) is 6.52. The molecule has 0 saturated heterocycles. The van der Waals surface area contributed by atoms with Crippen molar-refractivity contribution in [1.82, 2.24) is 0 Å². The fourth-order valence-corrected chi connectivity index (χ4v) is 2.85. The zero-order chi connectivity index (χ0) is 12.6. The van der Waals surface area contributed by atoms with Gasteiger partial charge in [0.1, 0.15) is 0 Å². The van der Waals surface area contributed by atoms with Crippen LogP contribution >= 0.6 is 0 Å². The Kier molecular flexibility index (Phi) is 2.67. The van der Waals surface area contributed by atoms with Crippen molar-refractivity contribution in [2.45, 2.75) is 31.2 Å². The van der Waals surface area contributed by atoms with E-state index in [0.717, 1.165) is 42.0 Å². The van der Waals surface area contributed by atoms with Crippen molar-refractivity contribution < 1.29 is 4.79 Å². The lowest BCUT2D eigenvalue weighted by atomic mass is 9.88. The van der Waals surface area contributed by atoms with E-state index >= 15 is 0 Å². The van der Waals surface area contributed by atoms with E-state index in [1.807, 2.05) is 36.4 Å². The summed E-state index contributed by atoms with van der Waals surface area (Å²) < 4.78 is 0. The van der Waals surface area contributed by atoms with Gasteiger partial charge in [-0.3, -0.25) is 4.79 Å². The fraction of sp³-hybridized carbons (Fsp3) is 0.312. The Balaban J connectivity index is 2.01. The Labute approximate surface area is 107 Å². The Hall–Kier alpha value is -1.67. The highest BCUT2D eigenvalue weighted by Crippen LogP contribution is 2.31. The number of hydrogen-bond acceptors (Lipinski definition) is 2. The number of fused-ring (bicyclic) bond motifs is 1. The van der Waals surface area contributed by atoms with Gasteiger partial charge < -0.3 is 5.73 Å². The summed E-state index contributed by atoms with van der Waals surface area (Å²) in [6, 6.07) is 13.9. The van der Waals surface area contributed by atoms with E-state index in [1.165, 1.54) is 0 Å². The van der Waals surface area contributed by atoms with Gasteiger partial charge in [-0.05, 0) is 29.7 Å². The van der Waals surface area contributed by atoms with E-state index in [9.17, 15) is 4.79 Å². The van der Waals surface area contributed by atoms with Crippen LogP contribution in [0, 0.1) is 0 Å².